The Morgan fingerprint density at radius 1 is 1.24 bits per heavy atom. The van der Waals surface area contributed by atoms with Gasteiger partial charge in [0.05, 0.1) is 11.6 Å². The highest BCUT2D eigenvalue weighted by atomic mass is 15.2. The SMILES string of the molecule is CCn1ccnc1CC(NN)c1ccc2ncccc2c1. The van der Waals surface area contributed by atoms with Gasteiger partial charge in [0.2, 0.25) is 0 Å². The number of nitrogens with two attached hydrogens (primary N) is 1. The van der Waals surface area contributed by atoms with Crippen LogP contribution in [0.3, 0.4) is 0 Å². The van der Waals surface area contributed by atoms with E-state index >= 15 is 0 Å². The van der Waals surface area contributed by atoms with E-state index in [0.29, 0.717) is 0 Å². The van der Waals surface area contributed by atoms with Crippen molar-refractivity contribution < 1.29 is 0 Å². The van der Waals surface area contributed by atoms with Crippen molar-refractivity contribution in [2.75, 3.05) is 0 Å². The number of nitrogens with zero attached hydrogens (tertiary/aromatic N) is 3. The average molecular weight is 281 g/mol. The van der Waals surface area contributed by atoms with Gasteiger partial charge in [0, 0.05) is 36.9 Å². The highest BCUT2D eigenvalue weighted by molar-refractivity contribution is 5.79. The zero-order valence-corrected chi connectivity index (χ0v) is 12.0. The summed E-state index contributed by atoms with van der Waals surface area (Å²) in [5, 5.41) is 1.12. The first-order chi connectivity index (χ1) is 10.3. The van der Waals surface area contributed by atoms with Crippen LogP contribution in [-0.4, -0.2) is 14.5 Å². The predicted octanol–water partition coefficient (Wildman–Crippen LogP) is 2.20. The van der Waals surface area contributed by atoms with Crippen LogP contribution in [0.1, 0.15) is 24.4 Å². The molecule has 5 heteroatoms. The zero-order valence-electron chi connectivity index (χ0n) is 12.0. The molecule has 1 unspecified atom stereocenters. The number of nitrogens with one attached hydrogen (secondary N) is 1. The van der Waals surface area contributed by atoms with Crippen LogP contribution < -0.4 is 11.3 Å². The van der Waals surface area contributed by atoms with Gasteiger partial charge in [0.25, 0.3) is 0 Å². The minimum atomic E-state index is 0.0299. The average Bonchev–Trinajstić information content (AvgIpc) is 2.99. The fourth-order valence-electron chi connectivity index (χ4n) is 2.58. The van der Waals surface area contributed by atoms with Crippen molar-refractivity contribution in [2.45, 2.75) is 25.9 Å². The zero-order chi connectivity index (χ0) is 14.7. The number of aromatic nitrogens is 3. The Labute approximate surface area is 123 Å². The quantitative estimate of drug-likeness (QED) is 0.555. The largest absolute Gasteiger partial charge is 0.335 e. The van der Waals surface area contributed by atoms with Crippen molar-refractivity contribution in [2.24, 2.45) is 5.84 Å². The molecular weight excluding hydrogens is 262 g/mol. The Balaban J connectivity index is 1.90. The van der Waals surface area contributed by atoms with Gasteiger partial charge in [-0.2, -0.15) is 0 Å². The minimum Gasteiger partial charge on any atom is -0.335 e. The fourth-order valence-corrected chi connectivity index (χ4v) is 2.58. The molecule has 1 atom stereocenters. The molecular formula is C16H19N5. The third kappa shape index (κ3) is 2.79. The maximum atomic E-state index is 5.75. The van der Waals surface area contributed by atoms with E-state index in [0.717, 1.165) is 35.3 Å². The third-order valence-electron chi connectivity index (χ3n) is 3.76. The van der Waals surface area contributed by atoms with Crippen molar-refractivity contribution >= 4 is 10.9 Å². The van der Waals surface area contributed by atoms with Gasteiger partial charge >= 0.3 is 0 Å². The summed E-state index contributed by atoms with van der Waals surface area (Å²) in [4.78, 5) is 8.76. The topological polar surface area (TPSA) is 68.8 Å². The molecule has 2 aromatic heterocycles. The number of pyridine rings is 1. The normalized spacial score (nSPS) is 12.7. The van der Waals surface area contributed by atoms with Gasteiger partial charge in [-0.25, -0.2) is 4.98 Å². The first kappa shape index (κ1) is 13.7. The molecule has 0 fully saturated rings. The van der Waals surface area contributed by atoms with Crippen LogP contribution in [0.5, 0.6) is 0 Å². The van der Waals surface area contributed by atoms with Crippen LogP contribution in [0.4, 0.5) is 0 Å². The van der Waals surface area contributed by atoms with Crippen LogP contribution in [0.25, 0.3) is 10.9 Å². The summed E-state index contributed by atoms with van der Waals surface area (Å²) < 4.78 is 2.13. The van der Waals surface area contributed by atoms with Crippen molar-refractivity contribution in [3.05, 3.63) is 60.3 Å². The number of hydrogen-bond donors (Lipinski definition) is 2. The lowest BCUT2D eigenvalue weighted by Gasteiger charge is -2.17. The molecule has 3 aromatic rings. The first-order valence-electron chi connectivity index (χ1n) is 7.12. The van der Waals surface area contributed by atoms with Gasteiger partial charge in [-0.3, -0.25) is 16.3 Å². The van der Waals surface area contributed by atoms with Crippen LogP contribution in [0, 0.1) is 0 Å². The summed E-state index contributed by atoms with van der Waals surface area (Å²) >= 11 is 0. The maximum absolute atomic E-state index is 5.75. The molecule has 2 heterocycles. The predicted molar refractivity (Wildman–Crippen MR) is 83.4 cm³/mol. The van der Waals surface area contributed by atoms with Crippen LogP contribution in [0.15, 0.2) is 48.9 Å². The smallest absolute Gasteiger partial charge is 0.110 e. The molecule has 1 aromatic carbocycles. The van der Waals surface area contributed by atoms with E-state index < -0.39 is 0 Å². The van der Waals surface area contributed by atoms with Crippen LogP contribution >= 0.6 is 0 Å². The van der Waals surface area contributed by atoms with E-state index in [1.165, 1.54) is 0 Å². The molecule has 0 aliphatic carbocycles. The summed E-state index contributed by atoms with van der Waals surface area (Å²) in [6, 6.07) is 10.3. The molecule has 0 aliphatic rings. The molecule has 0 aliphatic heterocycles. The lowest BCUT2D eigenvalue weighted by molar-refractivity contribution is 0.523. The minimum absolute atomic E-state index is 0.0299. The number of imidazole rings is 1. The first-order valence-corrected chi connectivity index (χ1v) is 7.12. The Bertz CT molecular complexity index is 734. The number of benzene rings is 1. The number of hydrogen-bond acceptors (Lipinski definition) is 4. The van der Waals surface area contributed by atoms with Crippen LogP contribution in [0.2, 0.25) is 0 Å². The van der Waals surface area contributed by atoms with Gasteiger partial charge in [-0.15, -0.1) is 0 Å². The maximum Gasteiger partial charge on any atom is 0.110 e. The van der Waals surface area contributed by atoms with Gasteiger partial charge in [-0.05, 0) is 30.7 Å². The van der Waals surface area contributed by atoms with E-state index in [4.69, 9.17) is 5.84 Å². The van der Waals surface area contributed by atoms with Gasteiger partial charge in [-0.1, -0.05) is 12.1 Å². The number of rotatable bonds is 5. The Kier molecular flexibility index (Phi) is 3.94. The number of aryl methyl sites for hydroxylation is 1. The standard InChI is InChI=1S/C16H19N5/c1-2-21-9-8-19-16(21)11-15(20-17)13-5-6-14-12(10-13)4-3-7-18-14/h3-10,15,20H,2,11,17H2,1H3. The van der Waals surface area contributed by atoms with E-state index in [-0.39, 0.29) is 6.04 Å². The lowest BCUT2D eigenvalue weighted by Crippen LogP contribution is -2.30. The second-order valence-electron chi connectivity index (χ2n) is 5.01. The third-order valence-corrected chi connectivity index (χ3v) is 3.76. The van der Waals surface area contributed by atoms with Gasteiger partial charge < -0.3 is 4.57 Å². The molecule has 0 radical (unpaired) electrons. The molecule has 0 spiro atoms. The van der Waals surface area contributed by atoms with Gasteiger partial charge in [0.1, 0.15) is 5.82 Å². The van der Waals surface area contributed by atoms with Crippen LogP contribution in [-0.2, 0) is 13.0 Å². The highest BCUT2D eigenvalue weighted by Gasteiger charge is 2.14. The Hall–Kier alpha value is -2.24. The molecule has 21 heavy (non-hydrogen) atoms. The summed E-state index contributed by atoms with van der Waals surface area (Å²) in [6.45, 7) is 3.02. The van der Waals surface area contributed by atoms with Gasteiger partial charge in [0.15, 0.2) is 0 Å². The molecule has 5 nitrogen and oxygen atoms in total. The van der Waals surface area contributed by atoms with Crippen molar-refractivity contribution in [1.82, 2.24) is 20.0 Å². The summed E-state index contributed by atoms with van der Waals surface area (Å²) in [5.41, 5.74) is 5.03. The molecule has 0 saturated carbocycles. The summed E-state index contributed by atoms with van der Waals surface area (Å²) in [7, 11) is 0. The second-order valence-corrected chi connectivity index (χ2v) is 5.01. The molecule has 108 valence electrons. The van der Waals surface area contributed by atoms with Crippen molar-refractivity contribution in [3.8, 4) is 0 Å². The Morgan fingerprint density at radius 2 is 2.14 bits per heavy atom. The molecule has 0 saturated heterocycles. The number of hydrazine groups is 1. The molecule has 3 N–H and O–H groups in total. The molecule has 3 rings (SSSR count). The molecule has 0 amide bonds. The Morgan fingerprint density at radius 3 is 2.95 bits per heavy atom. The highest BCUT2D eigenvalue weighted by Crippen LogP contribution is 2.21. The van der Waals surface area contributed by atoms with E-state index in [9.17, 15) is 0 Å². The second kappa shape index (κ2) is 6.03. The monoisotopic (exact) mass is 281 g/mol. The summed E-state index contributed by atoms with van der Waals surface area (Å²) in [6.07, 6.45) is 6.38. The lowest BCUT2D eigenvalue weighted by atomic mass is 10.0. The number of fused-ring (bicyclic) bond motifs is 1. The van der Waals surface area contributed by atoms with Crippen molar-refractivity contribution in [1.29, 1.82) is 0 Å². The van der Waals surface area contributed by atoms with E-state index in [1.807, 2.05) is 24.5 Å². The molecule has 0 bridgehead atoms. The van der Waals surface area contributed by atoms with E-state index in [1.54, 1.807) is 6.20 Å². The fraction of sp³-hybridized carbons (Fsp3) is 0.250. The van der Waals surface area contributed by atoms with E-state index in [2.05, 4.69) is 45.1 Å². The van der Waals surface area contributed by atoms with Crippen molar-refractivity contribution in [3.63, 3.8) is 0 Å². The summed E-state index contributed by atoms with van der Waals surface area (Å²) in [5.74, 6) is 6.79.